The number of hydrogen-bond acceptors (Lipinski definition) is 4. The van der Waals surface area contributed by atoms with Gasteiger partial charge in [0.05, 0.1) is 18.7 Å². The number of benzene rings is 1. The van der Waals surface area contributed by atoms with E-state index in [1.165, 1.54) is 36.8 Å². The molecule has 0 saturated heterocycles. The van der Waals surface area contributed by atoms with E-state index in [2.05, 4.69) is 77.2 Å². The molecule has 1 N–H and O–H groups in total. The largest absolute Gasteiger partial charge is 0.489 e. The lowest BCUT2D eigenvalue weighted by molar-refractivity contribution is 0.256. The number of pyridine rings is 1. The van der Waals surface area contributed by atoms with Crippen LogP contribution in [0.4, 0.5) is 5.69 Å². The molecular formula is C35H56N2O3. The van der Waals surface area contributed by atoms with E-state index in [0.29, 0.717) is 31.3 Å². The molecule has 0 aliphatic carbocycles. The van der Waals surface area contributed by atoms with E-state index in [9.17, 15) is 4.79 Å². The van der Waals surface area contributed by atoms with Gasteiger partial charge < -0.3 is 19.4 Å². The molecule has 0 aliphatic rings. The summed E-state index contributed by atoms with van der Waals surface area (Å²) < 4.78 is 14.5. The molecule has 1 aromatic heterocycles. The fourth-order valence-corrected chi connectivity index (χ4v) is 4.76. The molecular weight excluding hydrogens is 496 g/mol. The minimum Gasteiger partial charge on any atom is -0.489 e. The number of aryl methyl sites for hydroxylation is 1. The van der Waals surface area contributed by atoms with Crippen LogP contribution in [0.3, 0.4) is 0 Å². The lowest BCUT2D eigenvalue weighted by Crippen LogP contribution is -2.24. The summed E-state index contributed by atoms with van der Waals surface area (Å²) in [7, 11) is 0. The first-order chi connectivity index (χ1) is 19.4. The summed E-state index contributed by atoms with van der Waals surface area (Å²) in [5, 5.41) is 4.50. The molecule has 0 fully saturated rings. The molecule has 0 aliphatic heterocycles. The Bertz CT molecular complexity index is 1130. The number of nitrogens with zero attached hydrogens (tertiary/aromatic N) is 1. The predicted molar refractivity (Wildman–Crippen MR) is 173 cm³/mol. The first-order valence-electron chi connectivity index (χ1n) is 15.9. The van der Waals surface area contributed by atoms with Gasteiger partial charge in [0.15, 0.2) is 5.75 Å². The van der Waals surface area contributed by atoms with Crippen molar-refractivity contribution in [2.75, 3.05) is 25.1 Å². The number of rotatable bonds is 21. The Labute approximate surface area is 244 Å². The van der Waals surface area contributed by atoms with Gasteiger partial charge in [-0.2, -0.15) is 0 Å². The highest BCUT2D eigenvalue weighted by atomic mass is 16.5. The van der Waals surface area contributed by atoms with Gasteiger partial charge in [0.25, 0.3) is 5.56 Å². The second-order valence-electron chi connectivity index (χ2n) is 11.3. The molecule has 0 saturated carbocycles. The van der Waals surface area contributed by atoms with Crippen molar-refractivity contribution in [2.24, 2.45) is 0 Å². The van der Waals surface area contributed by atoms with Gasteiger partial charge in [0, 0.05) is 24.2 Å². The zero-order chi connectivity index (χ0) is 29.2. The molecule has 0 spiro atoms. The first-order valence-corrected chi connectivity index (χ1v) is 15.9. The van der Waals surface area contributed by atoms with Gasteiger partial charge >= 0.3 is 0 Å². The number of nitrogens with one attached hydrogen (secondary N) is 1. The van der Waals surface area contributed by atoms with Gasteiger partial charge in [0.2, 0.25) is 5.75 Å². The van der Waals surface area contributed by atoms with Gasteiger partial charge in [-0.25, -0.2) is 0 Å². The molecule has 2 aromatic rings. The normalized spacial score (nSPS) is 11.6. The molecule has 0 bridgehead atoms. The highest BCUT2D eigenvalue weighted by molar-refractivity contribution is 5.90. The quantitative estimate of drug-likeness (QED) is 0.124. The number of fused-ring (bicyclic) bond motifs is 1. The van der Waals surface area contributed by atoms with Crippen LogP contribution < -0.4 is 20.3 Å². The summed E-state index contributed by atoms with van der Waals surface area (Å²) in [5.41, 5.74) is 4.59. The fourth-order valence-electron chi connectivity index (χ4n) is 4.76. The van der Waals surface area contributed by atoms with Gasteiger partial charge in [-0.15, -0.1) is 0 Å². The van der Waals surface area contributed by atoms with E-state index in [4.69, 9.17) is 9.47 Å². The molecule has 40 heavy (non-hydrogen) atoms. The lowest BCUT2D eigenvalue weighted by atomic mass is 10.1. The Balaban J connectivity index is 2.38. The maximum absolute atomic E-state index is 13.9. The number of ether oxygens (including phenoxy) is 2. The van der Waals surface area contributed by atoms with Crippen molar-refractivity contribution in [1.82, 2.24) is 4.57 Å². The highest BCUT2D eigenvalue weighted by Crippen LogP contribution is 2.35. The standard InChI is InChI=1S/C35H56N2O3/c1-7-10-13-15-25-39-33-31-21-20-30(36-23-22-29(6)19-17-18-28(4)5)27-32(31)37(24-12-9-3)35(38)34(33)40-26-16-14-11-8-2/h18,20-22,27,36H,7-17,19,23-26H2,1-6H3/b29-22+. The number of aromatic nitrogens is 1. The van der Waals surface area contributed by atoms with Crippen molar-refractivity contribution in [1.29, 1.82) is 0 Å². The van der Waals surface area contributed by atoms with Crippen molar-refractivity contribution in [3.05, 3.63) is 51.9 Å². The van der Waals surface area contributed by atoms with Gasteiger partial charge in [-0.05, 0) is 71.1 Å². The molecule has 2 rings (SSSR count). The monoisotopic (exact) mass is 552 g/mol. The van der Waals surface area contributed by atoms with E-state index in [1.54, 1.807) is 0 Å². The maximum atomic E-state index is 13.9. The number of hydrogen-bond donors (Lipinski definition) is 1. The molecule has 1 heterocycles. The number of anilines is 1. The second-order valence-corrected chi connectivity index (χ2v) is 11.3. The summed E-state index contributed by atoms with van der Waals surface area (Å²) in [4.78, 5) is 13.9. The van der Waals surface area contributed by atoms with Gasteiger partial charge in [0.1, 0.15) is 0 Å². The Morgan fingerprint density at radius 2 is 1.48 bits per heavy atom. The third-order valence-electron chi connectivity index (χ3n) is 7.25. The minimum absolute atomic E-state index is 0.0767. The molecule has 0 radical (unpaired) electrons. The SMILES string of the molecule is CCCCCCOc1c(OCCCCCC)c2ccc(NC/C=C(\C)CCC=C(C)C)cc2n(CCCC)c1=O. The first kappa shape index (κ1) is 33.5. The van der Waals surface area contributed by atoms with Crippen LogP contribution in [0.2, 0.25) is 0 Å². The average molecular weight is 553 g/mol. The molecule has 0 amide bonds. The van der Waals surface area contributed by atoms with Crippen molar-refractivity contribution in [3.63, 3.8) is 0 Å². The van der Waals surface area contributed by atoms with Crippen molar-refractivity contribution < 1.29 is 9.47 Å². The molecule has 0 atom stereocenters. The molecule has 1 aromatic carbocycles. The molecule has 0 unspecified atom stereocenters. The van der Waals surface area contributed by atoms with Crippen LogP contribution in [0.25, 0.3) is 10.9 Å². The zero-order valence-electron chi connectivity index (χ0n) is 26.4. The lowest BCUT2D eigenvalue weighted by Gasteiger charge is -2.19. The van der Waals surface area contributed by atoms with Gasteiger partial charge in [-0.1, -0.05) is 89.0 Å². The second kappa shape index (κ2) is 19.4. The highest BCUT2D eigenvalue weighted by Gasteiger charge is 2.20. The molecule has 224 valence electrons. The Morgan fingerprint density at radius 3 is 2.10 bits per heavy atom. The summed E-state index contributed by atoms with van der Waals surface area (Å²) in [6, 6.07) is 6.29. The van der Waals surface area contributed by atoms with Crippen LogP contribution in [0.1, 0.15) is 119 Å². The van der Waals surface area contributed by atoms with Crippen LogP contribution in [0, 0.1) is 0 Å². The van der Waals surface area contributed by atoms with E-state index in [0.717, 1.165) is 74.5 Å². The zero-order valence-corrected chi connectivity index (χ0v) is 26.4. The maximum Gasteiger partial charge on any atom is 0.297 e. The van der Waals surface area contributed by atoms with E-state index >= 15 is 0 Å². The predicted octanol–water partition coefficient (Wildman–Crippen LogP) is 9.82. The van der Waals surface area contributed by atoms with Crippen LogP contribution in [-0.2, 0) is 6.54 Å². The third-order valence-corrected chi connectivity index (χ3v) is 7.25. The molecule has 5 nitrogen and oxygen atoms in total. The van der Waals surface area contributed by atoms with Crippen LogP contribution >= 0.6 is 0 Å². The van der Waals surface area contributed by atoms with Crippen LogP contribution in [0.5, 0.6) is 11.5 Å². The minimum atomic E-state index is -0.0767. The van der Waals surface area contributed by atoms with E-state index in [1.807, 2.05) is 4.57 Å². The van der Waals surface area contributed by atoms with Crippen LogP contribution in [-0.4, -0.2) is 24.3 Å². The average Bonchev–Trinajstić information content (AvgIpc) is 2.93. The molecule has 5 heteroatoms. The summed E-state index contributed by atoms with van der Waals surface area (Å²) >= 11 is 0. The third kappa shape index (κ3) is 11.4. The smallest absolute Gasteiger partial charge is 0.297 e. The summed E-state index contributed by atoms with van der Waals surface area (Å²) in [6.07, 6.45) is 17.5. The Morgan fingerprint density at radius 1 is 0.825 bits per heavy atom. The van der Waals surface area contributed by atoms with Gasteiger partial charge in [-0.3, -0.25) is 4.79 Å². The Hall–Kier alpha value is -2.69. The fraction of sp³-hybridized carbons (Fsp3) is 0.629. The number of allylic oxidation sites excluding steroid dienone is 3. The summed E-state index contributed by atoms with van der Waals surface area (Å²) in [6.45, 7) is 15.6. The topological polar surface area (TPSA) is 52.5 Å². The van der Waals surface area contributed by atoms with E-state index in [-0.39, 0.29) is 5.56 Å². The Kier molecular flexibility index (Phi) is 16.3. The summed E-state index contributed by atoms with van der Waals surface area (Å²) in [5.74, 6) is 0.993. The van der Waals surface area contributed by atoms with Crippen molar-refractivity contribution >= 4 is 16.6 Å². The number of unbranched alkanes of at least 4 members (excludes halogenated alkanes) is 7. The van der Waals surface area contributed by atoms with Crippen molar-refractivity contribution in [2.45, 2.75) is 125 Å². The van der Waals surface area contributed by atoms with Crippen molar-refractivity contribution in [3.8, 4) is 11.5 Å². The van der Waals surface area contributed by atoms with Crippen LogP contribution in [0.15, 0.2) is 46.3 Å². The van der Waals surface area contributed by atoms with E-state index < -0.39 is 0 Å².